The number of carbonyl (C=O) groups excluding carboxylic acids is 8. The summed E-state index contributed by atoms with van der Waals surface area (Å²) in [4.78, 5) is 124. The molecular weight excluding hydrogens is 1340 g/mol. The predicted molar refractivity (Wildman–Crippen MR) is 361 cm³/mol. The number of amides is 3. The molecule has 98 heavy (non-hydrogen) atoms. The summed E-state index contributed by atoms with van der Waals surface area (Å²) < 4.78 is 116. The molecule has 0 saturated carbocycles. The molecule has 33 nitrogen and oxygen atoms in total. The van der Waals surface area contributed by atoms with Crippen LogP contribution in [0.4, 0.5) is 46.3 Å². The van der Waals surface area contributed by atoms with Crippen molar-refractivity contribution in [3.05, 3.63) is 113 Å². The number of rotatable bonds is 37. The van der Waals surface area contributed by atoms with Gasteiger partial charge in [-0.3, -0.25) is 52.0 Å². The van der Waals surface area contributed by atoms with Crippen molar-refractivity contribution in [3.8, 4) is 0 Å². The summed E-state index contributed by atoms with van der Waals surface area (Å²) in [5.41, 5.74) is 11.9. The fraction of sp³-hybridized carbons (Fsp3) is 0.387. The number of nitrogens with one attached hydrogen (secondary N) is 7. The second-order valence-electron chi connectivity index (χ2n) is 24.8. The molecule has 3 amide bonds. The quantitative estimate of drug-likeness (QED) is 0.0140. The maximum Gasteiger partial charge on any atom is 0.296 e. The predicted octanol–water partition coefficient (Wildman–Crippen LogP) is 4.89. The maximum atomic E-state index is 13.9. The molecule has 6 aromatic rings. The number of aromatic amines is 1. The molecule has 0 bridgehead atoms. The highest BCUT2D eigenvalue weighted by Gasteiger charge is 2.42. The number of anilines is 8. The fourth-order valence-electron chi connectivity index (χ4n) is 10.1. The molecule has 2 heterocycles. The van der Waals surface area contributed by atoms with Gasteiger partial charge in [0.05, 0.1) is 70.8 Å². The first-order valence-electron chi connectivity index (χ1n) is 30.2. The van der Waals surface area contributed by atoms with Crippen LogP contribution in [0.1, 0.15) is 122 Å². The Morgan fingerprint density at radius 1 is 0.653 bits per heavy atom. The van der Waals surface area contributed by atoms with Crippen LogP contribution in [0.2, 0.25) is 0 Å². The molecule has 0 unspecified atom stereocenters. The Morgan fingerprint density at radius 2 is 1.27 bits per heavy atom. The SMILES string of the molecule is CC(C)(CC(=O)C(C)(C)CC(=O)C(C)(C)NC(=O)[C@@H](N)Cc1cnc[nH]1)C(=O)C[C@@H](CCCCNC(=O)COCCOCCNc1nc(Nc2cccc(S(=O)(=O)O)c2)nc(Nc2ccc(Nc3cc(S(=O)(=O)O)c(N)c4c3C(=O)c3ccccc3C4=O)cc2S(=O)(=O)O)n1)C(N)=O.[HH].[HH].[HH]. The number of hydrogen-bond acceptors (Lipinski definition) is 26. The zero-order chi connectivity index (χ0) is 72.3. The van der Waals surface area contributed by atoms with E-state index in [1.807, 2.05) is 0 Å². The average molecular weight is 1420 g/mol. The number of nitrogen functional groups attached to an aromatic ring is 1. The van der Waals surface area contributed by atoms with Gasteiger partial charge in [-0.2, -0.15) is 40.2 Å². The molecule has 1 aliphatic rings. The Kier molecular flexibility index (Phi) is 24.3. The monoisotopic (exact) mass is 1420 g/mol. The number of ether oxygens (including phenoxy) is 2. The minimum absolute atomic E-state index is 0. The van der Waals surface area contributed by atoms with Crippen LogP contribution in [0.5, 0.6) is 0 Å². The molecule has 0 spiro atoms. The number of benzene rings is 4. The first-order valence-corrected chi connectivity index (χ1v) is 34.6. The fourth-order valence-corrected chi connectivity index (χ4v) is 12.0. The van der Waals surface area contributed by atoms with Crippen LogP contribution in [0.3, 0.4) is 0 Å². The van der Waals surface area contributed by atoms with Crippen molar-refractivity contribution in [2.75, 3.05) is 66.5 Å². The topological polar surface area (TPSA) is 536 Å². The highest BCUT2D eigenvalue weighted by atomic mass is 32.2. The van der Waals surface area contributed by atoms with Crippen molar-refractivity contribution >= 4 is 123 Å². The number of nitrogens with two attached hydrogens (primary N) is 3. The van der Waals surface area contributed by atoms with Crippen molar-refractivity contribution in [1.29, 1.82) is 0 Å². The maximum absolute atomic E-state index is 13.9. The van der Waals surface area contributed by atoms with Crippen LogP contribution in [0, 0.1) is 16.7 Å². The third-order valence-corrected chi connectivity index (χ3v) is 18.4. The normalized spacial score (nSPS) is 13.3. The Hall–Kier alpha value is -9.53. The lowest BCUT2D eigenvalue weighted by Gasteiger charge is -2.33. The lowest BCUT2D eigenvalue weighted by atomic mass is 9.71. The minimum atomic E-state index is -5.19. The Bertz CT molecular complexity index is 4430. The second kappa shape index (κ2) is 31.3. The van der Waals surface area contributed by atoms with Gasteiger partial charge in [-0.1, -0.05) is 64.4 Å². The summed E-state index contributed by atoms with van der Waals surface area (Å²) in [5, 5.41) is 16.4. The van der Waals surface area contributed by atoms with E-state index in [0.717, 1.165) is 30.3 Å². The van der Waals surface area contributed by atoms with Crippen molar-refractivity contribution < 1.29 is 91.0 Å². The summed E-state index contributed by atoms with van der Waals surface area (Å²) in [6.07, 6.45) is 3.47. The molecule has 0 saturated heterocycles. The molecule has 1 aliphatic carbocycles. The van der Waals surface area contributed by atoms with Gasteiger partial charge in [-0.15, -0.1) is 0 Å². The van der Waals surface area contributed by atoms with Crippen LogP contribution in [-0.2, 0) is 75.0 Å². The van der Waals surface area contributed by atoms with E-state index in [4.69, 9.17) is 26.7 Å². The number of nitrogens with zero attached hydrogens (tertiary/aromatic N) is 4. The van der Waals surface area contributed by atoms with Crippen molar-refractivity contribution in [2.24, 2.45) is 28.2 Å². The summed E-state index contributed by atoms with van der Waals surface area (Å²) in [5.74, 6) is -6.23. The number of ketones is 5. The molecule has 36 heteroatoms. The first kappa shape index (κ1) is 75.8. The summed E-state index contributed by atoms with van der Waals surface area (Å²) >= 11 is 0. The van der Waals surface area contributed by atoms with E-state index >= 15 is 0 Å². The number of hydrogen-bond donors (Lipinski definition) is 13. The molecule has 0 fully saturated rings. The van der Waals surface area contributed by atoms with Gasteiger partial charge >= 0.3 is 0 Å². The van der Waals surface area contributed by atoms with Crippen LogP contribution in [0.15, 0.2) is 100 Å². The van der Waals surface area contributed by atoms with Crippen molar-refractivity contribution in [1.82, 2.24) is 35.6 Å². The number of unbranched alkanes of at least 4 members (excludes halogenated alkanes) is 1. The Labute approximate surface area is 568 Å². The molecule has 2 atom stereocenters. The largest absolute Gasteiger partial charge is 0.397 e. The zero-order valence-corrected chi connectivity index (χ0v) is 56.5. The van der Waals surface area contributed by atoms with Gasteiger partial charge in [0.15, 0.2) is 17.3 Å². The number of fused-ring (bicyclic) bond motifs is 2. The van der Waals surface area contributed by atoms with Gasteiger partial charge in [-0.05, 0) is 69.2 Å². The Morgan fingerprint density at radius 3 is 1.90 bits per heavy atom. The molecule has 0 aliphatic heterocycles. The molecule has 0 radical (unpaired) electrons. The van der Waals surface area contributed by atoms with Crippen LogP contribution < -0.4 is 49.1 Å². The van der Waals surface area contributed by atoms with E-state index < -0.39 is 131 Å². The Balaban J connectivity index is 0.00000721. The number of H-pyrrole nitrogens is 1. The van der Waals surface area contributed by atoms with Gasteiger partial charge in [0.1, 0.15) is 28.0 Å². The van der Waals surface area contributed by atoms with Crippen molar-refractivity contribution in [2.45, 2.75) is 113 Å². The number of Topliss-reactive ketones (excluding diaryl/α,β-unsaturated/α-hetero) is 3. The zero-order valence-electron chi connectivity index (χ0n) is 54.0. The van der Waals surface area contributed by atoms with Crippen LogP contribution in [0.25, 0.3) is 0 Å². The van der Waals surface area contributed by atoms with Gasteiger partial charge in [-0.25, -0.2) is 4.98 Å². The van der Waals surface area contributed by atoms with E-state index in [9.17, 15) is 77.3 Å². The van der Waals surface area contributed by atoms with Crippen LogP contribution in [-0.4, -0.2) is 162 Å². The molecule has 7 rings (SSSR count). The van der Waals surface area contributed by atoms with Gasteiger partial charge in [0.2, 0.25) is 35.6 Å². The highest BCUT2D eigenvalue weighted by Crippen LogP contribution is 2.41. The van der Waals surface area contributed by atoms with Gasteiger partial charge < -0.3 is 63.6 Å². The molecule has 532 valence electrons. The molecule has 4 aromatic carbocycles. The summed E-state index contributed by atoms with van der Waals surface area (Å²) in [6.45, 7) is 9.20. The van der Waals surface area contributed by atoms with E-state index in [2.05, 4.69) is 56.8 Å². The average Bonchev–Trinajstić information content (AvgIpc) is 0.854. The van der Waals surface area contributed by atoms with Crippen LogP contribution >= 0.6 is 0 Å². The number of imidazole rings is 1. The summed E-state index contributed by atoms with van der Waals surface area (Å²) in [7, 11) is -15.0. The smallest absolute Gasteiger partial charge is 0.296 e. The van der Waals surface area contributed by atoms with E-state index in [1.165, 1.54) is 68.8 Å². The number of aromatic nitrogens is 5. The third-order valence-electron chi connectivity index (χ3n) is 15.7. The van der Waals surface area contributed by atoms with Gasteiger partial charge in [0, 0.05) is 94.2 Å². The molecule has 16 N–H and O–H groups in total. The summed E-state index contributed by atoms with van der Waals surface area (Å²) in [6, 6.07) is 13.5. The van der Waals surface area contributed by atoms with E-state index in [-0.39, 0.29) is 134 Å². The molecular formula is C62H82N14O19S3. The number of primary amides is 1. The number of carbonyl (C=O) groups is 8. The van der Waals surface area contributed by atoms with Gasteiger partial charge in [0.25, 0.3) is 30.4 Å². The standard InChI is InChI=1S/C62H76N14O19S3.3H2/c1-60(2,29-47(78)61(3,4)30-48(79)62(5,6)76-56(84)41(63)26-37-31-66-33-69-37)46(77)24-34(55(65)83)12-9-10-19-67-49(80)32-95-23-22-94-21-20-68-57-73-58(71-35-13-11-14-38(25-35)96(85,86)87)75-59(74-57)72-42-18-17-36(27-44(42)97(88,89)90)70-43-28-45(98(91,92)93)52(64)51-50(43)53(81)39-15-7-8-16-40(39)54(51)82;;;/h7-8,11,13-18,25,27-28,31,33-34,41,70H,9-10,12,19-24,26,29-30,32,63-64H2,1-6H3,(H2,65,83)(H,66,69)(H,67,80)(H,76,84)(H,85,86,87)(H,88,89,90)(H,91,92,93)(H3,68,71,72,73,74,75);3*1H/t34-,41+;;;/m1.../s1. The minimum Gasteiger partial charge on any atom is -0.397 e. The van der Waals surface area contributed by atoms with E-state index in [1.54, 1.807) is 27.7 Å². The molecule has 2 aromatic heterocycles. The second-order valence-corrected chi connectivity index (χ2v) is 29.0. The van der Waals surface area contributed by atoms with Crippen molar-refractivity contribution in [3.63, 3.8) is 0 Å². The first-order chi connectivity index (χ1) is 45.7. The lowest BCUT2D eigenvalue weighted by Crippen LogP contribution is -2.56. The van der Waals surface area contributed by atoms with E-state index in [0.29, 0.717) is 18.5 Å². The lowest BCUT2D eigenvalue weighted by molar-refractivity contribution is -0.140. The highest BCUT2D eigenvalue weighted by molar-refractivity contribution is 7.86. The third kappa shape index (κ3) is 20.1.